The van der Waals surface area contributed by atoms with E-state index in [1.165, 1.54) is 0 Å². The zero-order valence-electron chi connectivity index (χ0n) is 16.8. The molecule has 3 rings (SSSR count). The predicted molar refractivity (Wildman–Crippen MR) is 109 cm³/mol. The number of carbonyl (C=O) groups is 1. The van der Waals surface area contributed by atoms with Crippen LogP contribution >= 0.6 is 0 Å². The maximum Gasteiger partial charge on any atom is 0.328 e. The summed E-state index contributed by atoms with van der Waals surface area (Å²) in [6.45, 7) is 11.3. The van der Waals surface area contributed by atoms with Crippen LogP contribution in [0.1, 0.15) is 19.8 Å². The number of anilines is 1. The molecule has 2 aromatic rings. The molecule has 1 saturated heterocycles. The van der Waals surface area contributed by atoms with Crippen molar-refractivity contribution in [2.75, 3.05) is 24.7 Å². The maximum absolute atomic E-state index is 12.3. The molecule has 27 heavy (non-hydrogen) atoms. The van der Waals surface area contributed by atoms with E-state index in [2.05, 4.69) is 34.5 Å². The van der Waals surface area contributed by atoms with E-state index in [0.29, 0.717) is 13.3 Å². The molecule has 1 fully saturated rings. The number of ether oxygens (including phenoxy) is 2. The van der Waals surface area contributed by atoms with Gasteiger partial charge in [-0.2, -0.15) is 0 Å². The first-order valence-corrected chi connectivity index (χ1v) is 13.4. The Kier molecular flexibility index (Phi) is 6.16. The number of hydrogen-bond acceptors (Lipinski definition) is 6. The van der Waals surface area contributed by atoms with Crippen molar-refractivity contribution in [3.05, 3.63) is 18.6 Å². The van der Waals surface area contributed by atoms with E-state index in [4.69, 9.17) is 9.47 Å². The van der Waals surface area contributed by atoms with Gasteiger partial charge in [-0.1, -0.05) is 19.6 Å². The molecule has 1 aliphatic heterocycles. The van der Waals surface area contributed by atoms with Gasteiger partial charge in [0.1, 0.15) is 30.6 Å². The number of fused-ring (bicyclic) bond motifs is 1. The first-order chi connectivity index (χ1) is 12.9. The minimum Gasteiger partial charge on any atom is -0.464 e. The maximum atomic E-state index is 12.3. The highest BCUT2D eigenvalue weighted by Gasteiger charge is 2.34. The van der Waals surface area contributed by atoms with Crippen molar-refractivity contribution in [3.63, 3.8) is 0 Å². The van der Waals surface area contributed by atoms with E-state index in [0.717, 1.165) is 48.9 Å². The molecule has 0 saturated carbocycles. The first-order valence-electron chi connectivity index (χ1n) is 9.71. The second kappa shape index (κ2) is 8.39. The van der Waals surface area contributed by atoms with E-state index in [-0.39, 0.29) is 12.0 Å². The Morgan fingerprint density at radius 3 is 2.89 bits per heavy atom. The van der Waals surface area contributed by atoms with Gasteiger partial charge in [0.25, 0.3) is 0 Å². The molecule has 1 aliphatic rings. The van der Waals surface area contributed by atoms with Gasteiger partial charge in [0, 0.05) is 27.4 Å². The summed E-state index contributed by atoms with van der Waals surface area (Å²) in [4.78, 5) is 23.3. The first kappa shape index (κ1) is 19.8. The molecule has 0 aliphatic carbocycles. The highest BCUT2D eigenvalue weighted by Crippen LogP contribution is 2.30. The van der Waals surface area contributed by atoms with E-state index >= 15 is 0 Å². The third kappa shape index (κ3) is 4.68. The average molecular weight is 391 g/mol. The fraction of sp³-hybridized carbons (Fsp3) is 0.632. The quantitative estimate of drug-likeness (QED) is 0.391. The second-order valence-electron chi connectivity index (χ2n) is 8.17. The molecule has 0 radical (unpaired) electrons. The Hall–Kier alpha value is -1.93. The van der Waals surface area contributed by atoms with Crippen molar-refractivity contribution in [1.29, 1.82) is 0 Å². The lowest BCUT2D eigenvalue weighted by Gasteiger charge is -2.24. The summed E-state index contributed by atoms with van der Waals surface area (Å²) in [6, 6.07) is 2.88. The van der Waals surface area contributed by atoms with E-state index in [9.17, 15) is 4.79 Å². The lowest BCUT2D eigenvalue weighted by molar-refractivity contribution is -0.144. The molecule has 0 aromatic carbocycles. The van der Waals surface area contributed by atoms with Gasteiger partial charge in [-0.25, -0.2) is 14.8 Å². The summed E-state index contributed by atoms with van der Waals surface area (Å²) in [5.74, 6) is 0.632. The van der Waals surface area contributed by atoms with Gasteiger partial charge in [-0.3, -0.25) is 0 Å². The SMILES string of the molecule is CCOC(=O)C1CCCN1c1ncnc2c1ccn2COCC[Si](C)(C)C. The van der Waals surface area contributed by atoms with E-state index < -0.39 is 8.07 Å². The smallest absolute Gasteiger partial charge is 0.328 e. The zero-order valence-corrected chi connectivity index (χ0v) is 17.8. The van der Waals surface area contributed by atoms with Crippen LogP contribution in [0.2, 0.25) is 25.7 Å². The molecule has 0 bridgehead atoms. The fourth-order valence-corrected chi connectivity index (χ4v) is 4.13. The van der Waals surface area contributed by atoms with E-state index in [1.54, 1.807) is 6.33 Å². The number of aromatic nitrogens is 3. The molecule has 3 heterocycles. The second-order valence-corrected chi connectivity index (χ2v) is 13.8. The Morgan fingerprint density at radius 2 is 2.15 bits per heavy atom. The number of carbonyl (C=O) groups excluding carboxylic acids is 1. The van der Waals surface area contributed by atoms with Crippen LogP contribution in [-0.4, -0.2) is 54.4 Å². The Morgan fingerprint density at radius 1 is 1.33 bits per heavy atom. The molecule has 0 spiro atoms. The minimum absolute atomic E-state index is 0.170. The highest BCUT2D eigenvalue weighted by atomic mass is 28.3. The van der Waals surface area contributed by atoms with Crippen molar-refractivity contribution in [2.45, 2.75) is 58.2 Å². The number of esters is 1. The van der Waals surface area contributed by atoms with Gasteiger partial charge in [0.15, 0.2) is 0 Å². The van der Waals surface area contributed by atoms with Crippen molar-refractivity contribution in [3.8, 4) is 0 Å². The number of rotatable bonds is 8. The lowest BCUT2D eigenvalue weighted by atomic mass is 10.2. The van der Waals surface area contributed by atoms with Gasteiger partial charge in [0.2, 0.25) is 0 Å². The van der Waals surface area contributed by atoms with Crippen molar-refractivity contribution in [1.82, 2.24) is 14.5 Å². The standard InChI is InChI=1S/C19H30N4O3Si/c1-5-26-19(24)16-7-6-9-23(16)18-15-8-10-22(17(15)20-13-21-18)14-25-11-12-27(2,3)4/h8,10,13,16H,5-7,9,11-12,14H2,1-4H3. The molecular weight excluding hydrogens is 360 g/mol. The van der Waals surface area contributed by atoms with Crippen molar-refractivity contribution >= 4 is 30.9 Å². The molecule has 1 atom stereocenters. The van der Waals surface area contributed by atoms with Gasteiger partial charge in [-0.05, 0) is 31.9 Å². The minimum atomic E-state index is -1.10. The van der Waals surface area contributed by atoms with E-state index in [1.807, 2.05) is 23.8 Å². The third-order valence-electron chi connectivity index (χ3n) is 4.85. The van der Waals surface area contributed by atoms with Crippen LogP contribution in [0.25, 0.3) is 11.0 Å². The van der Waals surface area contributed by atoms with Gasteiger partial charge in [0.05, 0.1) is 12.0 Å². The predicted octanol–water partition coefficient (Wildman–Crippen LogP) is 3.28. The molecule has 0 amide bonds. The third-order valence-corrected chi connectivity index (χ3v) is 6.55. The fourth-order valence-electron chi connectivity index (χ4n) is 3.37. The molecule has 1 unspecified atom stereocenters. The number of nitrogens with zero attached hydrogens (tertiary/aromatic N) is 4. The molecule has 8 heteroatoms. The summed E-state index contributed by atoms with van der Waals surface area (Å²) >= 11 is 0. The van der Waals surface area contributed by atoms with Gasteiger partial charge >= 0.3 is 5.97 Å². The van der Waals surface area contributed by atoms with Crippen LogP contribution in [0.4, 0.5) is 5.82 Å². The van der Waals surface area contributed by atoms with Gasteiger partial charge < -0.3 is 18.9 Å². The van der Waals surface area contributed by atoms with Crippen LogP contribution in [0.15, 0.2) is 18.6 Å². The summed E-state index contributed by atoms with van der Waals surface area (Å²) in [6.07, 6.45) is 5.30. The lowest BCUT2D eigenvalue weighted by Crippen LogP contribution is -2.38. The van der Waals surface area contributed by atoms with Crippen molar-refractivity contribution < 1.29 is 14.3 Å². The van der Waals surface area contributed by atoms with Crippen molar-refractivity contribution in [2.24, 2.45) is 0 Å². The molecule has 7 nitrogen and oxygen atoms in total. The van der Waals surface area contributed by atoms with Crippen LogP contribution in [0.5, 0.6) is 0 Å². The highest BCUT2D eigenvalue weighted by molar-refractivity contribution is 6.76. The normalized spacial score (nSPS) is 17.6. The Bertz CT molecular complexity index is 787. The number of hydrogen-bond donors (Lipinski definition) is 0. The monoisotopic (exact) mass is 390 g/mol. The van der Waals surface area contributed by atoms with Crippen LogP contribution in [0, 0.1) is 0 Å². The summed E-state index contributed by atoms with van der Waals surface area (Å²) in [7, 11) is -1.10. The Labute approximate surface area is 161 Å². The molecule has 0 N–H and O–H groups in total. The van der Waals surface area contributed by atoms with Gasteiger partial charge in [-0.15, -0.1) is 0 Å². The summed E-state index contributed by atoms with van der Waals surface area (Å²) in [5.41, 5.74) is 0.836. The van der Waals surface area contributed by atoms with Crippen LogP contribution in [0.3, 0.4) is 0 Å². The largest absolute Gasteiger partial charge is 0.464 e. The molecular formula is C19H30N4O3Si. The van der Waals surface area contributed by atoms with Crippen LogP contribution < -0.4 is 4.90 Å². The average Bonchev–Trinajstić information content (AvgIpc) is 3.25. The topological polar surface area (TPSA) is 69.5 Å². The molecule has 2 aromatic heterocycles. The zero-order chi connectivity index (χ0) is 19.4. The van der Waals surface area contributed by atoms with Crippen LogP contribution in [-0.2, 0) is 21.0 Å². The summed E-state index contributed by atoms with van der Waals surface area (Å²) < 4.78 is 13.1. The molecule has 148 valence electrons. The Balaban J connectivity index is 1.76. The summed E-state index contributed by atoms with van der Waals surface area (Å²) in [5, 5.41) is 0.947.